The number of rotatable bonds is 1. The summed E-state index contributed by atoms with van der Waals surface area (Å²) in [5.41, 5.74) is 2.17. The smallest absolute Gasteiger partial charge is 0.245 e. The molecule has 3 heterocycles. The highest BCUT2D eigenvalue weighted by Crippen LogP contribution is 2.52. The van der Waals surface area contributed by atoms with E-state index in [1.807, 2.05) is 49.5 Å². The number of amides is 1. The third-order valence-corrected chi connectivity index (χ3v) is 5.32. The second kappa shape index (κ2) is 6.65. The van der Waals surface area contributed by atoms with Gasteiger partial charge in [0.15, 0.2) is 0 Å². The van der Waals surface area contributed by atoms with Crippen LogP contribution in [0.5, 0.6) is 11.5 Å². The van der Waals surface area contributed by atoms with Crippen LogP contribution in [0, 0.1) is 0 Å². The van der Waals surface area contributed by atoms with E-state index in [2.05, 4.69) is 0 Å². The Hall–Kier alpha value is -2.53. The number of hydrogen-bond acceptors (Lipinski definition) is 4. The van der Waals surface area contributed by atoms with Gasteiger partial charge in [-0.2, -0.15) is 0 Å². The third-order valence-electron chi connectivity index (χ3n) is 5.32. The SMILES string of the molecule is C1CCOC1.COc1ccc2c(c1)OCC21C(=O)N(C)c2ccccc21. The molecule has 26 heavy (non-hydrogen) atoms. The number of benzene rings is 2. The zero-order valence-electron chi connectivity index (χ0n) is 15.2. The van der Waals surface area contributed by atoms with Crippen molar-refractivity contribution in [1.82, 2.24) is 0 Å². The van der Waals surface area contributed by atoms with Crippen LogP contribution in [0.4, 0.5) is 5.69 Å². The number of hydrogen-bond donors (Lipinski definition) is 0. The minimum atomic E-state index is -0.715. The molecule has 0 aliphatic carbocycles. The first-order chi connectivity index (χ1) is 12.7. The lowest BCUT2D eigenvalue weighted by Crippen LogP contribution is -2.40. The first-order valence-corrected chi connectivity index (χ1v) is 8.95. The van der Waals surface area contributed by atoms with Gasteiger partial charge in [-0.1, -0.05) is 24.3 Å². The molecule has 0 saturated carbocycles. The predicted octanol–water partition coefficient (Wildman–Crippen LogP) is 3.15. The van der Waals surface area contributed by atoms with E-state index in [4.69, 9.17) is 14.2 Å². The molecule has 0 N–H and O–H groups in total. The van der Waals surface area contributed by atoms with Crippen LogP contribution in [-0.4, -0.2) is 39.9 Å². The number of anilines is 1. The van der Waals surface area contributed by atoms with E-state index in [1.54, 1.807) is 12.0 Å². The summed E-state index contributed by atoms with van der Waals surface area (Å²) in [6.07, 6.45) is 2.56. The highest BCUT2D eigenvalue weighted by molar-refractivity contribution is 6.11. The number of carbonyl (C=O) groups is 1. The maximum absolute atomic E-state index is 12.9. The van der Waals surface area contributed by atoms with Gasteiger partial charge in [-0.15, -0.1) is 0 Å². The molecular weight excluding hydrogens is 330 g/mol. The van der Waals surface area contributed by atoms with Crippen molar-refractivity contribution in [2.45, 2.75) is 18.3 Å². The molecule has 1 amide bonds. The summed E-state index contributed by atoms with van der Waals surface area (Å²) in [4.78, 5) is 14.6. The van der Waals surface area contributed by atoms with Gasteiger partial charge in [-0.3, -0.25) is 4.79 Å². The molecule has 0 bridgehead atoms. The Morgan fingerprint density at radius 2 is 1.85 bits per heavy atom. The molecule has 1 saturated heterocycles. The second-order valence-electron chi connectivity index (χ2n) is 6.76. The summed E-state index contributed by atoms with van der Waals surface area (Å²) >= 11 is 0. The lowest BCUT2D eigenvalue weighted by atomic mass is 9.77. The van der Waals surface area contributed by atoms with Gasteiger partial charge in [0.25, 0.3) is 0 Å². The van der Waals surface area contributed by atoms with Gasteiger partial charge in [0.1, 0.15) is 23.5 Å². The van der Waals surface area contributed by atoms with Crippen LogP contribution in [0.1, 0.15) is 24.0 Å². The lowest BCUT2D eigenvalue weighted by molar-refractivity contribution is -0.121. The Kier molecular flexibility index (Phi) is 4.32. The number of fused-ring (bicyclic) bond motifs is 4. The third kappa shape index (κ3) is 2.46. The Balaban J connectivity index is 0.000000292. The molecular formula is C21H23NO4. The number of likely N-dealkylation sites (N-methyl/N-ethyl adjacent to an activating group) is 1. The highest BCUT2D eigenvalue weighted by Gasteiger charge is 2.55. The van der Waals surface area contributed by atoms with Crippen LogP contribution in [0.3, 0.4) is 0 Å². The molecule has 1 fully saturated rings. The maximum atomic E-state index is 12.9. The first kappa shape index (κ1) is 16.9. The van der Waals surface area contributed by atoms with Crippen LogP contribution in [0.2, 0.25) is 0 Å². The molecule has 2 aromatic rings. The fourth-order valence-corrected chi connectivity index (χ4v) is 3.91. The summed E-state index contributed by atoms with van der Waals surface area (Å²) in [5, 5.41) is 0. The second-order valence-corrected chi connectivity index (χ2v) is 6.76. The minimum absolute atomic E-state index is 0.0626. The summed E-state index contributed by atoms with van der Waals surface area (Å²) in [6, 6.07) is 13.6. The summed E-state index contributed by atoms with van der Waals surface area (Å²) in [6.45, 7) is 2.34. The van der Waals surface area contributed by atoms with Gasteiger partial charge >= 0.3 is 0 Å². The molecule has 3 aliphatic heterocycles. The van der Waals surface area contributed by atoms with Crippen molar-refractivity contribution in [2.75, 3.05) is 38.9 Å². The van der Waals surface area contributed by atoms with Crippen molar-refractivity contribution < 1.29 is 19.0 Å². The van der Waals surface area contributed by atoms with Gasteiger partial charge in [0, 0.05) is 37.6 Å². The Morgan fingerprint density at radius 3 is 2.54 bits per heavy atom. The highest BCUT2D eigenvalue weighted by atomic mass is 16.5. The van der Waals surface area contributed by atoms with E-state index in [0.717, 1.165) is 41.5 Å². The van der Waals surface area contributed by atoms with Crippen LogP contribution >= 0.6 is 0 Å². The van der Waals surface area contributed by atoms with Crippen LogP contribution < -0.4 is 14.4 Å². The molecule has 3 aliphatic rings. The predicted molar refractivity (Wildman–Crippen MR) is 99.2 cm³/mol. The van der Waals surface area contributed by atoms with Gasteiger partial charge in [-0.05, 0) is 30.5 Å². The van der Waals surface area contributed by atoms with E-state index in [1.165, 1.54) is 12.8 Å². The van der Waals surface area contributed by atoms with E-state index in [9.17, 15) is 4.79 Å². The first-order valence-electron chi connectivity index (χ1n) is 8.95. The molecule has 1 atom stereocenters. The number of carbonyl (C=O) groups excluding carboxylic acids is 1. The van der Waals surface area contributed by atoms with Crippen LogP contribution in [-0.2, 0) is 14.9 Å². The van der Waals surface area contributed by atoms with Crippen molar-refractivity contribution in [3.63, 3.8) is 0 Å². The van der Waals surface area contributed by atoms with E-state index < -0.39 is 5.41 Å². The molecule has 1 unspecified atom stereocenters. The van der Waals surface area contributed by atoms with Gasteiger partial charge in [0.2, 0.25) is 5.91 Å². The molecule has 5 heteroatoms. The van der Waals surface area contributed by atoms with Crippen molar-refractivity contribution in [1.29, 1.82) is 0 Å². The molecule has 5 rings (SSSR count). The topological polar surface area (TPSA) is 48.0 Å². The number of para-hydroxylation sites is 1. The standard InChI is InChI=1S/C17H15NO3.C4H8O/c1-18-14-6-4-3-5-12(14)17(16(18)19)10-21-15-9-11(20-2)7-8-13(15)17;1-2-4-5-3-1/h3-9H,10H2,1-2H3;1-4H2. The van der Waals surface area contributed by atoms with E-state index in [-0.39, 0.29) is 5.91 Å². The fraction of sp³-hybridized carbons (Fsp3) is 0.381. The van der Waals surface area contributed by atoms with Gasteiger partial charge in [-0.25, -0.2) is 0 Å². The Labute approximate surface area is 153 Å². The number of ether oxygens (including phenoxy) is 3. The summed E-state index contributed by atoms with van der Waals surface area (Å²) < 4.78 is 16.0. The van der Waals surface area contributed by atoms with Gasteiger partial charge in [0.05, 0.1) is 7.11 Å². The number of methoxy groups -OCH3 is 1. The molecule has 1 spiro atoms. The summed E-state index contributed by atoms with van der Waals surface area (Å²) in [5.74, 6) is 1.53. The molecule has 136 valence electrons. The summed E-state index contributed by atoms with van der Waals surface area (Å²) in [7, 11) is 3.44. The molecule has 5 nitrogen and oxygen atoms in total. The zero-order valence-corrected chi connectivity index (χ0v) is 15.2. The van der Waals surface area contributed by atoms with E-state index >= 15 is 0 Å². The van der Waals surface area contributed by atoms with Crippen molar-refractivity contribution in [2.24, 2.45) is 0 Å². The van der Waals surface area contributed by atoms with E-state index in [0.29, 0.717) is 6.61 Å². The average molecular weight is 353 g/mol. The monoisotopic (exact) mass is 353 g/mol. The van der Waals surface area contributed by atoms with Crippen LogP contribution in [0.25, 0.3) is 0 Å². The average Bonchev–Trinajstić information content (AvgIpc) is 3.41. The molecule has 2 aromatic carbocycles. The quantitative estimate of drug-likeness (QED) is 0.790. The van der Waals surface area contributed by atoms with Crippen molar-refractivity contribution in [3.05, 3.63) is 53.6 Å². The lowest BCUT2D eigenvalue weighted by Gasteiger charge is -2.21. The van der Waals surface area contributed by atoms with Gasteiger partial charge < -0.3 is 19.1 Å². The largest absolute Gasteiger partial charge is 0.497 e. The Morgan fingerprint density at radius 1 is 1.08 bits per heavy atom. The minimum Gasteiger partial charge on any atom is -0.497 e. The van der Waals surface area contributed by atoms with Crippen molar-refractivity contribution in [3.8, 4) is 11.5 Å². The maximum Gasteiger partial charge on any atom is 0.245 e. The number of nitrogens with zero attached hydrogens (tertiary/aromatic N) is 1. The Bertz CT molecular complexity index is 823. The van der Waals surface area contributed by atoms with Crippen LogP contribution in [0.15, 0.2) is 42.5 Å². The molecule has 0 radical (unpaired) electrons. The van der Waals surface area contributed by atoms with Crippen molar-refractivity contribution >= 4 is 11.6 Å². The molecule has 0 aromatic heterocycles. The fourth-order valence-electron chi connectivity index (χ4n) is 3.91. The zero-order chi connectivity index (χ0) is 18.1. The normalized spacial score (nSPS) is 22.5.